The Bertz CT molecular complexity index is 706. The van der Waals surface area contributed by atoms with E-state index in [1.54, 1.807) is 13.3 Å². The van der Waals surface area contributed by atoms with Crippen molar-refractivity contribution in [2.75, 3.05) is 7.11 Å². The van der Waals surface area contributed by atoms with E-state index in [-0.39, 0.29) is 0 Å². The van der Waals surface area contributed by atoms with Crippen LogP contribution in [0.15, 0.2) is 48.8 Å². The second kappa shape index (κ2) is 4.35. The number of fused-ring (bicyclic) bond motifs is 1. The van der Waals surface area contributed by atoms with Gasteiger partial charge >= 0.3 is 0 Å². The van der Waals surface area contributed by atoms with E-state index in [9.17, 15) is 0 Å². The fourth-order valence-corrected chi connectivity index (χ4v) is 2.26. The maximum atomic E-state index is 6.21. The van der Waals surface area contributed by atoms with Crippen LogP contribution < -0.4 is 4.74 Å². The first-order chi connectivity index (χ1) is 8.81. The van der Waals surface area contributed by atoms with Crippen molar-refractivity contribution in [3.8, 4) is 11.4 Å². The van der Waals surface area contributed by atoms with Gasteiger partial charge in [-0.15, -0.1) is 0 Å². The summed E-state index contributed by atoms with van der Waals surface area (Å²) in [5.74, 6) is 0.811. The summed E-state index contributed by atoms with van der Waals surface area (Å²) in [5.41, 5.74) is 1.75. The van der Waals surface area contributed by atoms with E-state index in [4.69, 9.17) is 16.3 Å². The van der Waals surface area contributed by atoms with Gasteiger partial charge in [-0.05, 0) is 24.3 Å². The van der Waals surface area contributed by atoms with Crippen molar-refractivity contribution in [2.45, 2.75) is 0 Å². The molecule has 0 aliphatic heterocycles. The molecule has 0 radical (unpaired) electrons. The molecule has 0 spiro atoms. The molecule has 0 fully saturated rings. The summed E-state index contributed by atoms with van der Waals surface area (Å²) in [5, 5.41) is 1.67. The van der Waals surface area contributed by atoms with E-state index >= 15 is 0 Å². The summed E-state index contributed by atoms with van der Waals surface area (Å²) >= 11 is 6.21. The summed E-state index contributed by atoms with van der Waals surface area (Å²) in [4.78, 5) is 4.39. The van der Waals surface area contributed by atoms with Gasteiger partial charge in [0.15, 0.2) is 0 Å². The fraction of sp³-hybridized carbons (Fsp3) is 0.0714. The van der Waals surface area contributed by atoms with Crippen molar-refractivity contribution in [1.29, 1.82) is 0 Å². The van der Waals surface area contributed by atoms with Gasteiger partial charge in [-0.1, -0.05) is 23.7 Å². The minimum absolute atomic E-state index is 0.694. The van der Waals surface area contributed by atoms with Crippen LogP contribution in [0.25, 0.3) is 16.7 Å². The molecule has 0 amide bonds. The van der Waals surface area contributed by atoms with Crippen LogP contribution >= 0.6 is 11.6 Å². The molecule has 4 heteroatoms. The zero-order valence-electron chi connectivity index (χ0n) is 9.80. The monoisotopic (exact) mass is 258 g/mol. The molecule has 0 aliphatic rings. The normalized spacial score (nSPS) is 10.8. The molecule has 0 unspecified atom stereocenters. The summed E-state index contributed by atoms with van der Waals surface area (Å²) in [6.45, 7) is 0. The third-order valence-corrected chi connectivity index (χ3v) is 3.20. The Hall–Kier alpha value is -2.00. The van der Waals surface area contributed by atoms with Crippen molar-refractivity contribution < 1.29 is 4.74 Å². The number of hydrogen-bond acceptors (Lipinski definition) is 2. The van der Waals surface area contributed by atoms with Crippen molar-refractivity contribution in [2.24, 2.45) is 0 Å². The molecule has 2 heterocycles. The van der Waals surface area contributed by atoms with Crippen LogP contribution in [0.2, 0.25) is 5.02 Å². The van der Waals surface area contributed by atoms with Gasteiger partial charge in [-0.3, -0.25) is 4.57 Å². The minimum atomic E-state index is 0.694. The molecular formula is C14H11ClN2O. The molecule has 0 bridgehead atoms. The summed E-state index contributed by atoms with van der Waals surface area (Å²) in [7, 11) is 1.65. The van der Waals surface area contributed by atoms with Crippen molar-refractivity contribution in [3.63, 3.8) is 0 Å². The third kappa shape index (κ3) is 1.64. The summed E-state index contributed by atoms with van der Waals surface area (Å²) in [6, 6.07) is 11.5. The number of ether oxygens (including phenoxy) is 1. The third-order valence-electron chi connectivity index (χ3n) is 2.88. The number of methoxy groups -OCH3 is 1. The number of nitrogens with zero attached hydrogens (tertiary/aromatic N) is 2. The number of benzene rings is 1. The zero-order chi connectivity index (χ0) is 12.5. The van der Waals surface area contributed by atoms with E-state index < -0.39 is 0 Å². The highest BCUT2D eigenvalue weighted by molar-refractivity contribution is 6.32. The number of para-hydroxylation sites is 1. The molecule has 0 saturated heterocycles. The van der Waals surface area contributed by atoms with Crippen molar-refractivity contribution >= 4 is 22.6 Å². The second-order valence-corrected chi connectivity index (χ2v) is 4.29. The van der Waals surface area contributed by atoms with Crippen LogP contribution in [0.3, 0.4) is 0 Å². The Labute approximate surface area is 110 Å². The van der Waals surface area contributed by atoms with Gasteiger partial charge in [0.25, 0.3) is 0 Å². The highest BCUT2D eigenvalue weighted by Gasteiger charge is 2.10. The lowest BCUT2D eigenvalue weighted by molar-refractivity contribution is 0.419. The Morgan fingerprint density at radius 1 is 1.17 bits per heavy atom. The molecule has 2 aromatic heterocycles. The predicted molar refractivity (Wildman–Crippen MR) is 72.6 cm³/mol. The fourth-order valence-electron chi connectivity index (χ4n) is 2.03. The molecule has 0 aliphatic carbocycles. The van der Waals surface area contributed by atoms with Gasteiger partial charge < -0.3 is 4.74 Å². The molecule has 3 nitrogen and oxygen atoms in total. The van der Waals surface area contributed by atoms with Gasteiger partial charge in [0, 0.05) is 12.4 Å². The maximum Gasteiger partial charge on any atom is 0.148 e. The largest absolute Gasteiger partial charge is 0.496 e. The minimum Gasteiger partial charge on any atom is -0.496 e. The quantitative estimate of drug-likeness (QED) is 0.701. The van der Waals surface area contributed by atoms with E-state index in [0.29, 0.717) is 5.02 Å². The molecule has 3 aromatic rings. The van der Waals surface area contributed by atoms with Gasteiger partial charge in [0.1, 0.15) is 11.4 Å². The molecule has 3 rings (SSSR count). The van der Waals surface area contributed by atoms with E-state index in [1.807, 2.05) is 47.2 Å². The Balaban J connectivity index is 2.29. The lowest BCUT2D eigenvalue weighted by atomic mass is 10.3. The molecule has 90 valence electrons. The summed E-state index contributed by atoms with van der Waals surface area (Å²) in [6.07, 6.45) is 3.68. The van der Waals surface area contributed by atoms with Gasteiger partial charge in [0.05, 0.1) is 23.2 Å². The van der Waals surface area contributed by atoms with E-state index in [1.165, 1.54) is 0 Å². The first-order valence-electron chi connectivity index (χ1n) is 5.56. The Morgan fingerprint density at radius 2 is 2.00 bits per heavy atom. The van der Waals surface area contributed by atoms with E-state index in [2.05, 4.69) is 4.98 Å². The van der Waals surface area contributed by atoms with E-state index in [0.717, 1.165) is 22.5 Å². The molecular weight excluding hydrogens is 248 g/mol. The second-order valence-electron chi connectivity index (χ2n) is 3.89. The van der Waals surface area contributed by atoms with Crippen LogP contribution in [-0.4, -0.2) is 16.7 Å². The maximum absolute atomic E-state index is 6.21. The van der Waals surface area contributed by atoms with Crippen molar-refractivity contribution in [1.82, 2.24) is 9.55 Å². The van der Waals surface area contributed by atoms with Gasteiger partial charge in [-0.25, -0.2) is 4.98 Å². The Kier molecular flexibility index (Phi) is 2.68. The number of aromatic nitrogens is 2. The highest BCUT2D eigenvalue weighted by Crippen LogP contribution is 2.29. The average Bonchev–Trinajstić information content (AvgIpc) is 2.83. The number of hydrogen-bond donors (Lipinski definition) is 0. The first-order valence-corrected chi connectivity index (χ1v) is 5.94. The number of pyridine rings is 1. The number of halogens is 1. The molecule has 1 aromatic carbocycles. The standard InChI is InChI=1S/C14H11ClN2O/c1-18-13-6-8-16-14-10(13)7-9-17(14)12-5-3-2-4-11(12)15/h2-9H,1H3. The van der Waals surface area contributed by atoms with Crippen LogP contribution in [0.4, 0.5) is 0 Å². The molecule has 0 saturated carbocycles. The number of rotatable bonds is 2. The first kappa shape index (κ1) is 11.1. The SMILES string of the molecule is COc1ccnc2c1ccn2-c1ccccc1Cl. The lowest BCUT2D eigenvalue weighted by Crippen LogP contribution is -1.95. The molecule has 0 N–H and O–H groups in total. The zero-order valence-corrected chi connectivity index (χ0v) is 10.6. The van der Waals surface area contributed by atoms with Crippen LogP contribution in [0, 0.1) is 0 Å². The topological polar surface area (TPSA) is 27.1 Å². The van der Waals surface area contributed by atoms with Crippen LogP contribution in [-0.2, 0) is 0 Å². The highest BCUT2D eigenvalue weighted by atomic mass is 35.5. The smallest absolute Gasteiger partial charge is 0.148 e. The van der Waals surface area contributed by atoms with Crippen molar-refractivity contribution in [3.05, 3.63) is 53.8 Å². The Morgan fingerprint density at radius 3 is 2.78 bits per heavy atom. The van der Waals surface area contributed by atoms with Gasteiger partial charge in [0.2, 0.25) is 0 Å². The van der Waals surface area contributed by atoms with Crippen LogP contribution in [0.1, 0.15) is 0 Å². The van der Waals surface area contributed by atoms with Gasteiger partial charge in [-0.2, -0.15) is 0 Å². The summed E-state index contributed by atoms with van der Waals surface area (Å²) < 4.78 is 7.28. The lowest BCUT2D eigenvalue weighted by Gasteiger charge is -2.07. The predicted octanol–water partition coefficient (Wildman–Crippen LogP) is 3.69. The van der Waals surface area contributed by atoms with Crippen LogP contribution in [0.5, 0.6) is 5.75 Å². The average molecular weight is 259 g/mol. The molecule has 0 atom stereocenters. The molecule has 18 heavy (non-hydrogen) atoms.